The molecule has 2 heteroatoms. The van der Waals surface area contributed by atoms with Gasteiger partial charge >= 0.3 is 0 Å². The van der Waals surface area contributed by atoms with Gasteiger partial charge in [-0.05, 0) is 55.7 Å². The summed E-state index contributed by atoms with van der Waals surface area (Å²) in [5, 5.41) is 11.3. The highest BCUT2D eigenvalue weighted by atomic mass is 16.3. The molecule has 0 radical (unpaired) electrons. The molecule has 1 aliphatic rings. The van der Waals surface area contributed by atoms with Gasteiger partial charge in [0, 0.05) is 28.8 Å². The van der Waals surface area contributed by atoms with Crippen molar-refractivity contribution < 1.29 is 5.11 Å². The molecule has 0 saturated heterocycles. The molecule has 1 N–H and O–H groups in total. The maximum absolute atomic E-state index is 11.3. The van der Waals surface area contributed by atoms with E-state index in [-0.39, 0.29) is 0 Å². The van der Waals surface area contributed by atoms with Crippen LogP contribution in [0, 0.1) is 5.92 Å². The first-order valence-corrected chi connectivity index (χ1v) is 11.1. The molecule has 2 nitrogen and oxygen atoms in total. The van der Waals surface area contributed by atoms with Crippen LogP contribution < -0.4 is 0 Å². The predicted molar refractivity (Wildman–Crippen MR) is 126 cm³/mol. The molecule has 0 spiro atoms. The van der Waals surface area contributed by atoms with Crippen LogP contribution in [0.2, 0.25) is 0 Å². The van der Waals surface area contributed by atoms with Gasteiger partial charge in [0.25, 0.3) is 0 Å². The molecular weight excluding hydrogens is 366 g/mol. The van der Waals surface area contributed by atoms with E-state index in [0.29, 0.717) is 11.8 Å². The molecule has 0 atom stereocenters. The fourth-order valence-electron chi connectivity index (χ4n) is 4.67. The highest BCUT2D eigenvalue weighted by Crippen LogP contribution is 2.43. The number of hydrogen-bond acceptors (Lipinski definition) is 2. The molecule has 4 rings (SSSR count). The van der Waals surface area contributed by atoms with Crippen molar-refractivity contribution in [3.05, 3.63) is 101 Å². The largest absolute Gasteiger partial charge is 0.507 e. The maximum Gasteiger partial charge on any atom is 0.128 e. The van der Waals surface area contributed by atoms with Gasteiger partial charge in [-0.2, -0.15) is 0 Å². The van der Waals surface area contributed by atoms with Gasteiger partial charge in [0.1, 0.15) is 5.75 Å². The van der Waals surface area contributed by atoms with Gasteiger partial charge in [-0.25, -0.2) is 0 Å². The summed E-state index contributed by atoms with van der Waals surface area (Å²) in [6, 6.07) is 27.2. The van der Waals surface area contributed by atoms with Gasteiger partial charge in [-0.1, -0.05) is 79.7 Å². The zero-order valence-corrected chi connectivity index (χ0v) is 18.0. The molecule has 0 unspecified atom stereocenters. The summed E-state index contributed by atoms with van der Waals surface area (Å²) in [6.07, 6.45) is 6.66. The van der Waals surface area contributed by atoms with E-state index in [9.17, 15) is 5.11 Å². The minimum absolute atomic E-state index is 0.320. The third kappa shape index (κ3) is 4.05. The molecule has 1 fully saturated rings. The van der Waals surface area contributed by atoms with Crippen LogP contribution in [0.4, 0.5) is 0 Å². The lowest BCUT2D eigenvalue weighted by atomic mass is 9.70. The molecule has 3 aromatic rings. The number of rotatable bonds is 5. The van der Waals surface area contributed by atoms with Crippen LogP contribution in [-0.2, 0) is 5.41 Å². The number of benzene rings is 3. The minimum Gasteiger partial charge on any atom is -0.507 e. The molecule has 0 amide bonds. The van der Waals surface area contributed by atoms with Crippen molar-refractivity contribution in [2.24, 2.45) is 10.9 Å². The third-order valence-corrected chi connectivity index (χ3v) is 6.72. The van der Waals surface area contributed by atoms with E-state index in [4.69, 9.17) is 4.99 Å². The predicted octanol–water partition coefficient (Wildman–Crippen LogP) is 6.74. The Hall–Kier alpha value is -2.87. The molecule has 154 valence electrons. The van der Waals surface area contributed by atoms with Gasteiger partial charge in [0.05, 0.1) is 0 Å². The fraction of sp³-hybridized carbons (Fsp3) is 0.321. The van der Waals surface area contributed by atoms with Crippen LogP contribution >= 0.6 is 0 Å². The number of phenolic OH excluding ortho intramolecular Hbond substituents is 1. The number of para-hydroxylation sites is 1. The SMILES string of the molecule is CC1CCC(N=Cc2cccc(C(C)(c3ccccc3)c3ccccc3)c2O)CC1. The average molecular weight is 398 g/mol. The van der Waals surface area contributed by atoms with Crippen molar-refractivity contribution in [2.45, 2.75) is 51.0 Å². The van der Waals surface area contributed by atoms with Gasteiger partial charge in [0.2, 0.25) is 0 Å². The van der Waals surface area contributed by atoms with E-state index in [1.165, 1.54) is 12.8 Å². The number of aromatic hydroxyl groups is 1. The molecule has 1 saturated carbocycles. The maximum atomic E-state index is 11.3. The zero-order chi connectivity index (χ0) is 21.0. The summed E-state index contributed by atoms with van der Waals surface area (Å²) in [5.74, 6) is 1.13. The van der Waals surface area contributed by atoms with E-state index in [0.717, 1.165) is 41.0 Å². The second-order valence-electron chi connectivity index (χ2n) is 8.79. The number of hydrogen-bond donors (Lipinski definition) is 1. The fourth-order valence-corrected chi connectivity index (χ4v) is 4.67. The van der Waals surface area contributed by atoms with Crippen LogP contribution in [0.1, 0.15) is 61.8 Å². The monoisotopic (exact) mass is 397 g/mol. The van der Waals surface area contributed by atoms with Crippen molar-refractivity contribution in [3.8, 4) is 5.75 Å². The van der Waals surface area contributed by atoms with Crippen molar-refractivity contribution >= 4 is 6.21 Å². The average Bonchev–Trinajstić information content (AvgIpc) is 2.80. The lowest BCUT2D eigenvalue weighted by molar-refractivity contribution is 0.350. The summed E-state index contributed by atoms with van der Waals surface area (Å²) < 4.78 is 0. The van der Waals surface area contributed by atoms with Crippen molar-refractivity contribution in [1.82, 2.24) is 0 Å². The molecule has 1 aliphatic carbocycles. The quantitative estimate of drug-likeness (QED) is 0.375. The Morgan fingerprint density at radius 2 is 1.37 bits per heavy atom. The van der Waals surface area contributed by atoms with Crippen LogP contribution in [0.3, 0.4) is 0 Å². The summed E-state index contributed by atoms with van der Waals surface area (Å²) >= 11 is 0. The Balaban J connectivity index is 1.75. The second kappa shape index (κ2) is 8.87. The van der Waals surface area contributed by atoms with Gasteiger partial charge < -0.3 is 5.11 Å². The molecule has 30 heavy (non-hydrogen) atoms. The molecule has 3 aromatic carbocycles. The lowest BCUT2D eigenvalue weighted by Gasteiger charge is -2.32. The van der Waals surface area contributed by atoms with Gasteiger partial charge in [-0.15, -0.1) is 0 Å². The van der Waals surface area contributed by atoms with Crippen LogP contribution in [-0.4, -0.2) is 17.4 Å². The molecule has 0 bridgehead atoms. The number of nitrogens with zero attached hydrogens (tertiary/aromatic N) is 1. The summed E-state index contributed by atoms with van der Waals surface area (Å²) in [6.45, 7) is 4.51. The third-order valence-electron chi connectivity index (χ3n) is 6.72. The lowest BCUT2D eigenvalue weighted by Crippen LogP contribution is -2.25. The van der Waals surface area contributed by atoms with E-state index < -0.39 is 5.41 Å². The van der Waals surface area contributed by atoms with Crippen molar-refractivity contribution in [1.29, 1.82) is 0 Å². The minimum atomic E-state index is -0.462. The summed E-state index contributed by atoms with van der Waals surface area (Å²) in [7, 11) is 0. The standard InChI is InChI=1S/C28H31NO/c1-21-16-18-25(19-17-21)29-20-22-10-9-15-26(27(22)30)28(2,23-11-5-3-6-12-23)24-13-7-4-8-14-24/h3-15,20-21,25,30H,16-19H2,1-2H3. The second-order valence-corrected chi connectivity index (χ2v) is 8.79. The first-order valence-electron chi connectivity index (χ1n) is 11.1. The highest BCUT2D eigenvalue weighted by molar-refractivity contribution is 5.85. The van der Waals surface area contributed by atoms with Crippen molar-refractivity contribution in [3.63, 3.8) is 0 Å². The topological polar surface area (TPSA) is 32.6 Å². The summed E-state index contributed by atoms with van der Waals surface area (Å²) in [5.41, 5.74) is 3.55. The Morgan fingerprint density at radius 3 is 1.93 bits per heavy atom. The molecular formula is C28H31NO. The Kier molecular flexibility index (Phi) is 6.03. The van der Waals surface area contributed by atoms with E-state index >= 15 is 0 Å². The normalized spacial score (nSPS) is 19.8. The smallest absolute Gasteiger partial charge is 0.128 e. The molecule has 0 heterocycles. The zero-order valence-electron chi connectivity index (χ0n) is 18.0. The Bertz CT molecular complexity index is 946. The van der Waals surface area contributed by atoms with Crippen LogP contribution in [0.25, 0.3) is 0 Å². The van der Waals surface area contributed by atoms with Gasteiger partial charge in [-0.3, -0.25) is 4.99 Å². The first-order chi connectivity index (χ1) is 14.6. The van der Waals surface area contributed by atoms with E-state index in [1.807, 2.05) is 36.5 Å². The summed E-state index contributed by atoms with van der Waals surface area (Å²) in [4.78, 5) is 4.83. The Morgan fingerprint density at radius 1 is 0.800 bits per heavy atom. The number of phenols is 1. The van der Waals surface area contributed by atoms with E-state index in [2.05, 4.69) is 62.4 Å². The van der Waals surface area contributed by atoms with E-state index in [1.54, 1.807) is 0 Å². The van der Waals surface area contributed by atoms with Crippen molar-refractivity contribution in [2.75, 3.05) is 0 Å². The van der Waals surface area contributed by atoms with Crippen LogP contribution in [0.5, 0.6) is 5.75 Å². The number of aliphatic imine (C=N–C) groups is 1. The van der Waals surface area contributed by atoms with Gasteiger partial charge in [0.15, 0.2) is 0 Å². The van der Waals surface area contributed by atoms with Crippen LogP contribution in [0.15, 0.2) is 83.9 Å². The molecule has 0 aliphatic heterocycles. The molecule has 0 aromatic heterocycles. The first kappa shape index (κ1) is 20.4. The highest BCUT2D eigenvalue weighted by Gasteiger charge is 2.33. The Labute approximate surface area is 180 Å².